The fourth-order valence-electron chi connectivity index (χ4n) is 3.95. The Morgan fingerprint density at radius 1 is 1.15 bits per heavy atom. The zero-order chi connectivity index (χ0) is 23.8. The molecule has 2 aliphatic rings. The number of carbonyl (C=O) groups excluding carboxylic acids is 2. The number of nitrogens with one attached hydrogen (secondary N) is 1. The van der Waals surface area contributed by atoms with Crippen molar-refractivity contribution < 1.29 is 27.2 Å². The standard InChI is InChI=1S/C24H22F4N2O2S/c1-33-17-5-2-4-15(12-17)23(32)30-11-3-6-20(30)22(31)29-21(14-7-8-14)18-10-9-16(13-19(18)25)24(26,27)28/h2-5,9-14,20-21H,6-8H2,1H3,(H,29,31)/t20-,21-/m1/s1. The van der Waals surface area contributed by atoms with Crippen molar-refractivity contribution in [2.24, 2.45) is 5.92 Å². The van der Waals surface area contributed by atoms with Crippen LogP contribution >= 0.6 is 11.8 Å². The van der Waals surface area contributed by atoms with Gasteiger partial charge in [0.25, 0.3) is 5.91 Å². The van der Waals surface area contributed by atoms with Crippen molar-refractivity contribution in [3.05, 3.63) is 77.2 Å². The molecule has 0 aromatic heterocycles. The van der Waals surface area contributed by atoms with Gasteiger partial charge in [-0.05, 0) is 61.8 Å². The highest BCUT2D eigenvalue weighted by Gasteiger charge is 2.39. The number of amides is 2. The van der Waals surface area contributed by atoms with Crippen LogP contribution in [-0.2, 0) is 11.0 Å². The molecule has 9 heteroatoms. The van der Waals surface area contributed by atoms with Gasteiger partial charge in [-0.15, -0.1) is 11.8 Å². The molecule has 1 aliphatic carbocycles. The average molecular weight is 479 g/mol. The molecule has 2 aromatic carbocycles. The number of rotatable bonds is 6. The van der Waals surface area contributed by atoms with E-state index in [1.54, 1.807) is 30.5 Å². The van der Waals surface area contributed by atoms with Crippen LogP contribution in [0.25, 0.3) is 0 Å². The minimum atomic E-state index is -4.65. The summed E-state index contributed by atoms with van der Waals surface area (Å²) in [5.74, 6) is -1.86. The summed E-state index contributed by atoms with van der Waals surface area (Å²) in [6.45, 7) is 0. The van der Waals surface area contributed by atoms with Crippen LogP contribution in [0.3, 0.4) is 0 Å². The fourth-order valence-corrected chi connectivity index (χ4v) is 4.41. The van der Waals surface area contributed by atoms with Crippen molar-refractivity contribution in [1.29, 1.82) is 0 Å². The second-order valence-electron chi connectivity index (χ2n) is 8.14. The van der Waals surface area contributed by atoms with Crippen LogP contribution in [0.4, 0.5) is 17.6 Å². The predicted octanol–water partition coefficient (Wildman–Crippen LogP) is 5.56. The Morgan fingerprint density at radius 3 is 2.55 bits per heavy atom. The molecule has 1 N–H and O–H groups in total. The molecule has 174 valence electrons. The maximum absolute atomic E-state index is 14.6. The highest BCUT2D eigenvalue weighted by Crippen LogP contribution is 2.43. The normalized spacial score (nSPS) is 18.9. The quantitative estimate of drug-likeness (QED) is 0.437. The summed E-state index contributed by atoms with van der Waals surface area (Å²) in [5, 5.41) is 2.80. The smallest absolute Gasteiger partial charge is 0.347 e. The molecule has 0 radical (unpaired) electrons. The summed E-state index contributed by atoms with van der Waals surface area (Å²) in [4.78, 5) is 28.4. The molecule has 0 bridgehead atoms. The first kappa shape index (κ1) is 23.4. The van der Waals surface area contributed by atoms with Gasteiger partial charge in [-0.2, -0.15) is 13.2 Å². The Hall–Kier alpha value is -2.81. The Balaban J connectivity index is 1.53. The lowest BCUT2D eigenvalue weighted by Gasteiger charge is -2.27. The molecule has 1 heterocycles. The van der Waals surface area contributed by atoms with Crippen molar-refractivity contribution in [3.63, 3.8) is 0 Å². The largest absolute Gasteiger partial charge is 0.416 e. The second-order valence-corrected chi connectivity index (χ2v) is 9.02. The Bertz CT molecular complexity index is 1100. The maximum atomic E-state index is 14.6. The fraction of sp³-hybridized carbons (Fsp3) is 0.333. The van der Waals surface area contributed by atoms with Crippen molar-refractivity contribution in [3.8, 4) is 0 Å². The third-order valence-corrected chi connectivity index (χ3v) is 6.59. The Labute approximate surface area is 193 Å². The predicted molar refractivity (Wildman–Crippen MR) is 117 cm³/mol. The lowest BCUT2D eigenvalue weighted by molar-refractivity contribution is -0.137. The molecule has 2 aromatic rings. The van der Waals surface area contributed by atoms with Crippen molar-refractivity contribution in [2.75, 3.05) is 6.26 Å². The first-order valence-corrected chi connectivity index (χ1v) is 11.7. The highest BCUT2D eigenvalue weighted by molar-refractivity contribution is 7.98. The van der Waals surface area contributed by atoms with Crippen LogP contribution < -0.4 is 5.32 Å². The summed E-state index contributed by atoms with van der Waals surface area (Å²) in [7, 11) is 0. The molecule has 1 fully saturated rings. The van der Waals surface area contributed by atoms with E-state index < -0.39 is 35.5 Å². The SMILES string of the molecule is CSc1cccc(C(=O)N2C=CC[C@@H]2C(=O)N[C@@H](c2ccc(C(F)(F)F)cc2F)C2CC2)c1. The summed E-state index contributed by atoms with van der Waals surface area (Å²) in [5.41, 5.74) is -0.608. The summed E-state index contributed by atoms with van der Waals surface area (Å²) >= 11 is 1.50. The monoisotopic (exact) mass is 478 g/mol. The second kappa shape index (κ2) is 9.21. The van der Waals surface area contributed by atoms with Gasteiger partial charge in [0.1, 0.15) is 11.9 Å². The molecule has 4 rings (SSSR count). The number of thioether (sulfide) groups is 1. The van der Waals surface area contributed by atoms with E-state index in [4.69, 9.17) is 0 Å². The van der Waals surface area contributed by atoms with Gasteiger partial charge >= 0.3 is 6.18 Å². The molecule has 0 spiro atoms. The van der Waals surface area contributed by atoms with E-state index in [-0.39, 0.29) is 17.4 Å². The molecule has 1 aliphatic heterocycles. The van der Waals surface area contributed by atoms with Crippen molar-refractivity contribution >= 4 is 23.6 Å². The van der Waals surface area contributed by atoms with E-state index in [0.29, 0.717) is 18.1 Å². The first-order chi connectivity index (χ1) is 15.7. The van der Waals surface area contributed by atoms with E-state index >= 15 is 0 Å². The lowest BCUT2D eigenvalue weighted by Crippen LogP contribution is -2.46. The van der Waals surface area contributed by atoms with E-state index in [0.717, 1.165) is 29.9 Å². The third-order valence-electron chi connectivity index (χ3n) is 5.87. The molecule has 0 unspecified atom stereocenters. The highest BCUT2D eigenvalue weighted by atomic mass is 32.2. The minimum absolute atomic E-state index is 0.0235. The third kappa shape index (κ3) is 5.08. The number of hydrogen-bond donors (Lipinski definition) is 1. The van der Waals surface area contributed by atoms with Gasteiger partial charge < -0.3 is 10.2 Å². The van der Waals surface area contributed by atoms with Crippen LogP contribution in [0.15, 0.2) is 59.6 Å². The van der Waals surface area contributed by atoms with Gasteiger partial charge in [0.05, 0.1) is 11.6 Å². The Kier molecular flexibility index (Phi) is 6.52. The molecule has 0 saturated heterocycles. The molecule has 1 saturated carbocycles. The molecule has 33 heavy (non-hydrogen) atoms. The molecule has 2 atom stereocenters. The maximum Gasteiger partial charge on any atom is 0.416 e. The first-order valence-electron chi connectivity index (χ1n) is 10.5. The van der Waals surface area contributed by atoms with Crippen molar-refractivity contribution in [1.82, 2.24) is 10.2 Å². The zero-order valence-corrected chi connectivity index (χ0v) is 18.5. The number of alkyl halides is 3. The molecular formula is C24H22F4N2O2S. The number of hydrogen-bond acceptors (Lipinski definition) is 3. The zero-order valence-electron chi connectivity index (χ0n) is 17.7. The molecule has 4 nitrogen and oxygen atoms in total. The topological polar surface area (TPSA) is 49.4 Å². The lowest BCUT2D eigenvalue weighted by atomic mass is 9.99. The van der Waals surface area contributed by atoms with Crippen LogP contribution in [0.1, 0.15) is 46.8 Å². The average Bonchev–Trinajstić information content (AvgIpc) is 3.51. The van der Waals surface area contributed by atoms with E-state index in [2.05, 4.69) is 5.32 Å². The van der Waals surface area contributed by atoms with E-state index in [1.807, 2.05) is 12.3 Å². The van der Waals surface area contributed by atoms with Gasteiger partial charge in [0.15, 0.2) is 0 Å². The number of benzene rings is 2. The molecule has 2 amide bonds. The van der Waals surface area contributed by atoms with Gasteiger partial charge in [-0.1, -0.05) is 18.2 Å². The van der Waals surface area contributed by atoms with Gasteiger partial charge in [-0.3, -0.25) is 9.59 Å². The number of carbonyl (C=O) groups is 2. The van der Waals surface area contributed by atoms with Crippen LogP contribution in [-0.4, -0.2) is 29.0 Å². The van der Waals surface area contributed by atoms with Crippen LogP contribution in [0, 0.1) is 11.7 Å². The number of nitrogens with zero attached hydrogens (tertiary/aromatic N) is 1. The van der Waals surface area contributed by atoms with Gasteiger partial charge in [0, 0.05) is 22.2 Å². The van der Waals surface area contributed by atoms with E-state index in [9.17, 15) is 27.2 Å². The van der Waals surface area contributed by atoms with Gasteiger partial charge in [0.2, 0.25) is 5.91 Å². The van der Waals surface area contributed by atoms with Crippen LogP contribution in [0.2, 0.25) is 0 Å². The Morgan fingerprint density at radius 2 is 1.91 bits per heavy atom. The minimum Gasteiger partial charge on any atom is -0.347 e. The van der Waals surface area contributed by atoms with E-state index in [1.165, 1.54) is 16.7 Å². The summed E-state index contributed by atoms with van der Waals surface area (Å²) in [6, 6.07) is 7.88. The van der Waals surface area contributed by atoms with Crippen LogP contribution in [0.5, 0.6) is 0 Å². The summed E-state index contributed by atoms with van der Waals surface area (Å²) < 4.78 is 53.3. The number of halogens is 4. The van der Waals surface area contributed by atoms with Crippen molar-refractivity contribution in [2.45, 2.75) is 42.4 Å². The summed E-state index contributed by atoms with van der Waals surface area (Å²) in [6.07, 6.45) is 2.29. The van der Waals surface area contributed by atoms with Gasteiger partial charge in [-0.25, -0.2) is 4.39 Å². The molecular weight excluding hydrogens is 456 g/mol.